The highest BCUT2D eigenvalue weighted by Crippen LogP contribution is 2.18. The first kappa shape index (κ1) is 17.3. The Morgan fingerprint density at radius 3 is 2.52 bits per heavy atom. The van der Waals surface area contributed by atoms with Crippen molar-refractivity contribution in [2.45, 2.75) is 13.3 Å². The number of methoxy groups -OCH3 is 1. The lowest BCUT2D eigenvalue weighted by Gasteiger charge is -2.35. The second kappa shape index (κ2) is 8.57. The number of aryl methyl sites for hydroxylation is 1. The van der Waals surface area contributed by atoms with Gasteiger partial charge in [0.25, 0.3) is 0 Å². The average Bonchev–Trinajstić information content (AvgIpc) is 2.66. The molecule has 0 amide bonds. The normalized spacial score (nSPS) is 14.6. The molecule has 0 atom stereocenters. The molecule has 0 bridgehead atoms. The summed E-state index contributed by atoms with van der Waals surface area (Å²) in [6.45, 7) is 7.06. The molecule has 0 saturated carbocycles. The number of piperazine rings is 1. The molecule has 0 unspecified atom stereocenters. The molecular formula is C17H25N7O. The fraction of sp³-hybridized carbons (Fsp3) is 0.529. The monoisotopic (exact) mass is 343 g/mol. The second-order valence-electron chi connectivity index (χ2n) is 5.99. The predicted molar refractivity (Wildman–Crippen MR) is 98.2 cm³/mol. The van der Waals surface area contributed by atoms with Crippen molar-refractivity contribution in [3.05, 3.63) is 30.2 Å². The molecule has 0 aliphatic carbocycles. The largest absolute Gasteiger partial charge is 0.385 e. The number of hydrogen-bond acceptors (Lipinski definition) is 8. The molecule has 1 fully saturated rings. The van der Waals surface area contributed by atoms with Gasteiger partial charge in [-0.05, 0) is 19.4 Å². The fourth-order valence-corrected chi connectivity index (χ4v) is 2.80. The van der Waals surface area contributed by atoms with Crippen molar-refractivity contribution in [2.75, 3.05) is 61.6 Å². The number of ether oxygens (including phenoxy) is 1. The maximum atomic E-state index is 5.07. The molecular weight excluding hydrogens is 318 g/mol. The Balaban J connectivity index is 1.60. The SMILES string of the molecule is COCCCNc1nc(C)cc(N2CCN(c3ncccn3)CC2)n1. The Labute approximate surface area is 148 Å². The van der Waals surface area contributed by atoms with Crippen LogP contribution in [-0.4, -0.2) is 66.4 Å². The van der Waals surface area contributed by atoms with Gasteiger partial charge >= 0.3 is 0 Å². The summed E-state index contributed by atoms with van der Waals surface area (Å²) in [7, 11) is 1.71. The highest BCUT2D eigenvalue weighted by molar-refractivity contribution is 5.46. The molecule has 1 aliphatic heterocycles. The molecule has 0 aromatic carbocycles. The van der Waals surface area contributed by atoms with Crippen LogP contribution in [0.25, 0.3) is 0 Å². The molecule has 25 heavy (non-hydrogen) atoms. The summed E-state index contributed by atoms with van der Waals surface area (Å²) in [6, 6.07) is 3.87. The van der Waals surface area contributed by atoms with Gasteiger partial charge in [-0.2, -0.15) is 4.98 Å². The minimum Gasteiger partial charge on any atom is -0.385 e. The number of nitrogens with zero attached hydrogens (tertiary/aromatic N) is 6. The number of aromatic nitrogens is 4. The molecule has 8 nitrogen and oxygen atoms in total. The van der Waals surface area contributed by atoms with Crippen molar-refractivity contribution >= 4 is 17.7 Å². The molecule has 1 N–H and O–H groups in total. The molecule has 8 heteroatoms. The second-order valence-corrected chi connectivity index (χ2v) is 5.99. The lowest BCUT2D eigenvalue weighted by Crippen LogP contribution is -2.47. The summed E-state index contributed by atoms with van der Waals surface area (Å²) in [5, 5.41) is 3.28. The van der Waals surface area contributed by atoms with E-state index in [1.54, 1.807) is 19.5 Å². The molecule has 134 valence electrons. The molecule has 1 saturated heterocycles. The maximum Gasteiger partial charge on any atom is 0.225 e. The number of hydrogen-bond donors (Lipinski definition) is 1. The zero-order valence-electron chi connectivity index (χ0n) is 14.9. The Hall–Kier alpha value is -2.48. The first-order chi connectivity index (χ1) is 12.3. The molecule has 1 aliphatic rings. The third-order valence-electron chi connectivity index (χ3n) is 4.09. The van der Waals surface area contributed by atoms with E-state index in [1.807, 2.05) is 19.1 Å². The van der Waals surface area contributed by atoms with Crippen molar-refractivity contribution in [3.8, 4) is 0 Å². The first-order valence-corrected chi connectivity index (χ1v) is 8.61. The Morgan fingerprint density at radius 2 is 1.80 bits per heavy atom. The van der Waals surface area contributed by atoms with Gasteiger partial charge < -0.3 is 19.9 Å². The zero-order chi connectivity index (χ0) is 17.5. The fourth-order valence-electron chi connectivity index (χ4n) is 2.80. The van der Waals surface area contributed by atoms with E-state index in [9.17, 15) is 0 Å². The highest BCUT2D eigenvalue weighted by Gasteiger charge is 2.20. The van der Waals surface area contributed by atoms with Crippen LogP contribution < -0.4 is 15.1 Å². The molecule has 2 aromatic rings. The van der Waals surface area contributed by atoms with E-state index in [0.717, 1.165) is 63.2 Å². The first-order valence-electron chi connectivity index (χ1n) is 8.61. The van der Waals surface area contributed by atoms with E-state index in [4.69, 9.17) is 4.74 Å². The smallest absolute Gasteiger partial charge is 0.225 e. The number of nitrogens with one attached hydrogen (secondary N) is 1. The average molecular weight is 343 g/mol. The van der Waals surface area contributed by atoms with E-state index in [0.29, 0.717) is 5.95 Å². The van der Waals surface area contributed by atoms with Crippen LogP contribution in [0.3, 0.4) is 0 Å². The Morgan fingerprint density at radius 1 is 1.08 bits per heavy atom. The molecule has 2 aromatic heterocycles. The van der Waals surface area contributed by atoms with Crippen molar-refractivity contribution in [1.82, 2.24) is 19.9 Å². The van der Waals surface area contributed by atoms with Gasteiger partial charge in [0, 0.05) is 70.6 Å². The zero-order valence-corrected chi connectivity index (χ0v) is 14.9. The molecule has 0 spiro atoms. The van der Waals surface area contributed by atoms with Crippen LogP contribution in [0.2, 0.25) is 0 Å². The van der Waals surface area contributed by atoms with Crippen LogP contribution in [0.15, 0.2) is 24.5 Å². The van der Waals surface area contributed by atoms with Crippen LogP contribution in [0.1, 0.15) is 12.1 Å². The van der Waals surface area contributed by atoms with Crippen LogP contribution in [0.5, 0.6) is 0 Å². The van der Waals surface area contributed by atoms with E-state index in [1.165, 1.54) is 0 Å². The topological polar surface area (TPSA) is 79.3 Å². The standard InChI is InChI=1S/C17H25N7O/c1-14-13-15(22-16(21-14)18-7-4-12-25-2)23-8-10-24(11-9-23)17-19-5-3-6-20-17/h3,5-6,13H,4,7-12H2,1-2H3,(H,18,21,22). The van der Waals surface area contributed by atoms with Gasteiger partial charge in [-0.15, -0.1) is 0 Å². The quantitative estimate of drug-likeness (QED) is 0.755. The lowest BCUT2D eigenvalue weighted by atomic mass is 10.3. The summed E-state index contributed by atoms with van der Waals surface area (Å²) < 4.78 is 5.07. The van der Waals surface area contributed by atoms with Gasteiger partial charge in [0.2, 0.25) is 11.9 Å². The summed E-state index contributed by atoms with van der Waals surface area (Å²) >= 11 is 0. The molecule has 3 rings (SSSR count). The highest BCUT2D eigenvalue weighted by atomic mass is 16.5. The van der Waals surface area contributed by atoms with Crippen molar-refractivity contribution in [2.24, 2.45) is 0 Å². The van der Waals surface area contributed by atoms with E-state index >= 15 is 0 Å². The van der Waals surface area contributed by atoms with Crippen LogP contribution >= 0.6 is 0 Å². The summed E-state index contributed by atoms with van der Waals surface area (Å²) in [5.74, 6) is 2.44. The lowest BCUT2D eigenvalue weighted by molar-refractivity contribution is 0.197. The third kappa shape index (κ3) is 4.76. The van der Waals surface area contributed by atoms with Crippen molar-refractivity contribution in [1.29, 1.82) is 0 Å². The molecule has 3 heterocycles. The van der Waals surface area contributed by atoms with Gasteiger partial charge in [-0.1, -0.05) is 0 Å². The minimum absolute atomic E-state index is 0.680. The third-order valence-corrected chi connectivity index (χ3v) is 4.09. The predicted octanol–water partition coefficient (Wildman–Crippen LogP) is 1.35. The number of rotatable bonds is 7. The van der Waals surface area contributed by atoms with E-state index in [2.05, 4.69) is 35.1 Å². The van der Waals surface area contributed by atoms with Crippen LogP contribution in [-0.2, 0) is 4.74 Å². The van der Waals surface area contributed by atoms with E-state index < -0.39 is 0 Å². The van der Waals surface area contributed by atoms with Gasteiger partial charge in [-0.3, -0.25) is 0 Å². The minimum atomic E-state index is 0.680. The summed E-state index contributed by atoms with van der Waals surface area (Å²) in [5.41, 5.74) is 0.966. The molecule has 0 radical (unpaired) electrons. The van der Waals surface area contributed by atoms with Crippen LogP contribution in [0.4, 0.5) is 17.7 Å². The summed E-state index contributed by atoms with van der Waals surface area (Å²) in [4.78, 5) is 22.3. The number of anilines is 3. The van der Waals surface area contributed by atoms with Crippen molar-refractivity contribution in [3.63, 3.8) is 0 Å². The van der Waals surface area contributed by atoms with Gasteiger partial charge in [0.05, 0.1) is 0 Å². The van der Waals surface area contributed by atoms with Crippen LogP contribution in [0, 0.1) is 6.92 Å². The Kier molecular flexibility index (Phi) is 5.95. The van der Waals surface area contributed by atoms with Gasteiger partial charge in [0.15, 0.2) is 0 Å². The van der Waals surface area contributed by atoms with Gasteiger partial charge in [-0.25, -0.2) is 15.0 Å². The maximum absolute atomic E-state index is 5.07. The summed E-state index contributed by atoms with van der Waals surface area (Å²) in [6.07, 6.45) is 4.49. The van der Waals surface area contributed by atoms with Gasteiger partial charge in [0.1, 0.15) is 5.82 Å². The van der Waals surface area contributed by atoms with Crippen molar-refractivity contribution < 1.29 is 4.74 Å². The van der Waals surface area contributed by atoms with E-state index in [-0.39, 0.29) is 0 Å². The Bertz CT molecular complexity index is 659.